The molecule has 1 N–H and O–H groups in total. The standard InChI is InChI=1S/C16H18FN3O/c1-20(12-14-7-4-5-10-18-14)16(21)19-11-9-13-6-2-3-8-15(13)17/h2-8,10H,9,11-12H2,1H3,(H,19,21). The third-order valence-corrected chi connectivity index (χ3v) is 3.10. The van der Waals surface area contributed by atoms with Gasteiger partial charge in [0.25, 0.3) is 0 Å². The number of rotatable bonds is 5. The molecule has 0 aliphatic heterocycles. The van der Waals surface area contributed by atoms with Crippen LogP contribution < -0.4 is 5.32 Å². The Hall–Kier alpha value is -2.43. The van der Waals surface area contributed by atoms with Crippen LogP contribution in [0.25, 0.3) is 0 Å². The number of hydrogen-bond acceptors (Lipinski definition) is 2. The van der Waals surface area contributed by atoms with Gasteiger partial charge in [0.2, 0.25) is 0 Å². The normalized spacial score (nSPS) is 10.2. The van der Waals surface area contributed by atoms with Crippen LogP contribution in [0.3, 0.4) is 0 Å². The lowest BCUT2D eigenvalue weighted by Gasteiger charge is -2.17. The van der Waals surface area contributed by atoms with Crippen LogP contribution >= 0.6 is 0 Å². The molecule has 0 atom stereocenters. The fraction of sp³-hybridized carbons (Fsp3) is 0.250. The van der Waals surface area contributed by atoms with Crippen LogP contribution in [0.2, 0.25) is 0 Å². The fourth-order valence-electron chi connectivity index (χ4n) is 1.95. The van der Waals surface area contributed by atoms with E-state index in [4.69, 9.17) is 0 Å². The molecule has 110 valence electrons. The zero-order valence-electron chi connectivity index (χ0n) is 11.9. The topological polar surface area (TPSA) is 45.2 Å². The third-order valence-electron chi connectivity index (χ3n) is 3.10. The minimum Gasteiger partial charge on any atom is -0.338 e. The van der Waals surface area contributed by atoms with E-state index in [0.29, 0.717) is 25.1 Å². The van der Waals surface area contributed by atoms with E-state index < -0.39 is 0 Å². The van der Waals surface area contributed by atoms with E-state index >= 15 is 0 Å². The molecule has 1 aromatic heterocycles. The Kier molecular flexibility index (Phi) is 5.26. The number of carbonyl (C=O) groups is 1. The first kappa shape index (κ1) is 15.0. The largest absolute Gasteiger partial charge is 0.338 e. The highest BCUT2D eigenvalue weighted by atomic mass is 19.1. The van der Waals surface area contributed by atoms with Crippen molar-refractivity contribution in [3.63, 3.8) is 0 Å². The second kappa shape index (κ2) is 7.38. The zero-order chi connectivity index (χ0) is 15.1. The molecule has 2 rings (SSSR count). The lowest BCUT2D eigenvalue weighted by molar-refractivity contribution is 0.206. The summed E-state index contributed by atoms with van der Waals surface area (Å²) >= 11 is 0. The molecular weight excluding hydrogens is 269 g/mol. The van der Waals surface area contributed by atoms with Crippen LogP contribution in [0.4, 0.5) is 9.18 Å². The number of amides is 2. The van der Waals surface area contributed by atoms with Crippen LogP contribution in [0.1, 0.15) is 11.3 Å². The highest BCUT2D eigenvalue weighted by Crippen LogP contribution is 2.06. The predicted molar refractivity (Wildman–Crippen MR) is 79.2 cm³/mol. The molecule has 5 heteroatoms. The van der Waals surface area contributed by atoms with Gasteiger partial charge in [0.1, 0.15) is 5.82 Å². The summed E-state index contributed by atoms with van der Waals surface area (Å²) in [6.07, 6.45) is 2.16. The average Bonchev–Trinajstić information content (AvgIpc) is 2.50. The van der Waals surface area contributed by atoms with Crippen molar-refractivity contribution >= 4 is 6.03 Å². The van der Waals surface area contributed by atoms with Gasteiger partial charge in [0, 0.05) is 19.8 Å². The van der Waals surface area contributed by atoms with Gasteiger partial charge in [-0.05, 0) is 30.2 Å². The van der Waals surface area contributed by atoms with Gasteiger partial charge in [-0.1, -0.05) is 24.3 Å². The number of pyridine rings is 1. The van der Waals surface area contributed by atoms with Crippen molar-refractivity contribution in [2.24, 2.45) is 0 Å². The van der Waals surface area contributed by atoms with Crippen LogP contribution in [0.5, 0.6) is 0 Å². The molecule has 0 saturated carbocycles. The summed E-state index contributed by atoms with van der Waals surface area (Å²) in [6, 6.07) is 12.0. The van der Waals surface area contributed by atoms with Crippen LogP contribution in [0, 0.1) is 5.82 Å². The molecule has 0 spiro atoms. The number of aromatic nitrogens is 1. The maximum absolute atomic E-state index is 13.4. The van der Waals surface area contributed by atoms with Crippen LogP contribution in [0.15, 0.2) is 48.7 Å². The maximum Gasteiger partial charge on any atom is 0.317 e. The van der Waals surface area contributed by atoms with E-state index in [1.54, 1.807) is 36.3 Å². The van der Waals surface area contributed by atoms with Crippen molar-refractivity contribution in [2.45, 2.75) is 13.0 Å². The summed E-state index contributed by atoms with van der Waals surface area (Å²) in [4.78, 5) is 17.6. The summed E-state index contributed by atoms with van der Waals surface area (Å²) in [5.41, 5.74) is 1.43. The Balaban J connectivity index is 1.78. The van der Waals surface area contributed by atoms with Crippen LogP contribution in [-0.2, 0) is 13.0 Å². The molecule has 0 aliphatic carbocycles. The Morgan fingerprint density at radius 1 is 1.24 bits per heavy atom. The fourth-order valence-corrected chi connectivity index (χ4v) is 1.95. The first-order valence-electron chi connectivity index (χ1n) is 6.79. The Bertz CT molecular complexity index is 589. The van der Waals surface area contributed by atoms with Gasteiger partial charge in [-0.25, -0.2) is 9.18 Å². The van der Waals surface area contributed by atoms with Gasteiger partial charge >= 0.3 is 6.03 Å². The highest BCUT2D eigenvalue weighted by Gasteiger charge is 2.09. The summed E-state index contributed by atoms with van der Waals surface area (Å²) < 4.78 is 13.4. The minimum atomic E-state index is -0.242. The van der Waals surface area contributed by atoms with Crippen molar-refractivity contribution in [3.05, 3.63) is 65.7 Å². The SMILES string of the molecule is CN(Cc1ccccn1)C(=O)NCCc1ccccc1F. The lowest BCUT2D eigenvalue weighted by Crippen LogP contribution is -2.38. The molecule has 1 aromatic carbocycles. The molecule has 0 fully saturated rings. The molecule has 0 bridgehead atoms. The van der Waals surface area contributed by atoms with E-state index in [9.17, 15) is 9.18 Å². The van der Waals surface area contributed by atoms with Crippen molar-refractivity contribution in [3.8, 4) is 0 Å². The highest BCUT2D eigenvalue weighted by molar-refractivity contribution is 5.73. The van der Waals surface area contributed by atoms with Crippen molar-refractivity contribution in [1.82, 2.24) is 15.2 Å². The smallest absolute Gasteiger partial charge is 0.317 e. The van der Waals surface area contributed by atoms with Crippen molar-refractivity contribution < 1.29 is 9.18 Å². The van der Waals surface area contributed by atoms with Gasteiger partial charge in [-0.2, -0.15) is 0 Å². The zero-order valence-corrected chi connectivity index (χ0v) is 11.9. The molecule has 0 saturated heterocycles. The van der Waals surface area contributed by atoms with E-state index in [1.807, 2.05) is 18.2 Å². The van der Waals surface area contributed by atoms with Gasteiger partial charge in [0.15, 0.2) is 0 Å². The van der Waals surface area contributed by atoms with Gasteiger partial charge in [0.05, 0.1) is 12.2 Å². The number of nitrogens with zero attached hydrogens (tertiary/aromatic N) is 2. The molecule has 2 amide bonds. The first-order chi connectivity index (χ1) is 10.2. The number of nitrogens with one attached hydrogen (secondary N) is 1. The summed E-state index contributed by atoms with van der Waals surface area (Å²) in [6.45, 7) is 0.832. The van der Waals surface area contributed by atoms with Gasteiger partial charge in [-0.15, -0.1) is 0 Å². The molecule has 1 heterocycles. The average molecular weight is 287 g/mol. The summed E-state index contributed by atoms with van der Waals surface area (Å²) in [7, 11) is 1.70. The maximum atomic E-state index is 13.4. The molecule has 0 aliphatic rings. The Morgan fingerprint density at radius 3 is 2.71 bits per heavy atom. The van der Waals surface area contributed by atoms with Crippen LogP contribution in [-0.4, -0.2) is 29.5 Å². The van der Waals surface area contributed by atoms with E-state index in [0.717, 1.165) is 5.69 Å². The second-order valence-corrected chi connectivity index (χ2v) is 4.75. The molecular formula is C16H18FN3O. The number of urea groups is 1. The molecule has 0 unspecified atom stereocenters. The molecule has 2 aromatic rings. The van der Waals surface area contributed by atoms with Crippen molar-refractivity contribution in [1.29, 1.82) is 0 Å². The number of benzene rings is 1. The van der Waals surface area contributed by atoms with E-state index in [2.05, 4.69) is 10.3 Å². The third kappa shape index (κ3) is 4.56. The second-order valence-electron chi connectivity index (χ2n) is 4.75. The van der Waals surface area contributed by atoms with Gasteiger partial charge in [-0.3, -0.25) is 4.98 Å². The van der Waals surface area contributed by atoms with Crippen molar-refractivity contribution in [2.75, 3.05) is 13.6 Å². The van der Waals surface area contributed by atoms with E-state index in [-0.39, 0.29) is 11.8 Å². The molecule has 0 radical (unpaired) electrons. The number of hydrogen-bond donors (Lipinski definition) is 1. The van der Waals surface area contributed by atoms with Gasteiger partial charge < -0.3 is 10.2 Å². The minimum absolute atomic E-state index is 0.197. The Labute approximate surface area is 123 Å². The Morgan fingerprint density at radius 2 is 2.00 bits per heavy atom. The molecule has 21 heavy (non-hydrogen) atoms. The quantitative estimate of drug-likeness (QED) is 0.918. The predicted octanol–water partition coefficient (Wildman–Crippen LogP) is 2.60. The monoisotopic (exact) mass is 287 g/mol. The number of halogens is 1. The lowest BCUT2D eigenvalue weighted by atomic mass is 10.1. The first-order valence-corrected chi connectivity index (χ1v) is 6.79. The molecule has 4 nitrogen and oxygen atoms in total. The number of carbonyl (C=O) groups excluding carboxylic acids is 1. The van der Waals surface area contributed by atoms with E-state index in [1.165, 1.54) is 6.07 Å². The summed E-state index contributed by atoms with van der Waals surface area (Å²) in [5, 5.41) is 2.77. The summed E-state index contributed by atoms with van der Waals surface area (Å²) in [5.74, 6) is -0.242.